The molecule has 0 unspecified atom stereocenters. The summed E-state index contributed by atoms with van der Waals surface area (Å²) in [6.07, 6.45) is -2.63. The second-order valence-electron chi connectivity index (χ2n) is 10.7. The lowest BCUT2D eigenvalue weighted by Crippen LogP contribution is -2.28. The normalized spacial score (nSPS) is 15.5. The fraction of sp³-hybridized carbons (Fsp3) is 0.406. The van der Waals surface area contributed by atoms with E-state index in [1.54, 1.807) is 30.3 Å². The average Bonchev–Trinajstić information content (AvgIpc) is 3.77. The molecule has 1 aliphatic carbocycles. The number of alkyl halides is 2. The second kappa shape index (κ2) is 14.3. The zero-order valence-electron chi connectivity index (χ0n) is 24.9. The Hall–Kier alpha value is -4.17. The van der Waals surface area contributed by atoms with Gasteiger partial charge in [0.2, 0.25) is 5.91 Å². The SMILES string of the molecule is Cc1ccc(NC(=O)C2(c3ccc4c(c3)OC(F)(F)O4)CC2)nc1-c1cccc(C(=O)NCCOCCOCCOCCN)c1. The summed E-state index contributed by atoms with van der Waals surface area (Å²) in [5.41, 5.74) is 7.65. The number of anilines is 1. The molecule has 0 bridgehead atoms. The molecule has 1 saturated carbocycles. The number of ether oxygens (including phenoxy) is 5. The van der Waals surface area contributed by atoms with E-state index in [0.717, 1.165) is 5.56 Å². The lowest BCUT2D eigenvalue weighted by Gasteiger charge is -2.17. The highest BCUT2D eigenvalue weighted by atomic mass is 19.3. The first-order valence-corrected chi connectivity index (χ1v) is 14.7. The molecular weight excluding hydrogens is 590 g/mol. The van der Waals surface area contributed by atoms with Crippen LogP contribution in [0.1, 0.15) is 34.3 Å². The number of hydrogen-bond donors (Lipinski definition) is 3. The van der Waals surface area contributed by atoms with E-state index >= 15 is 0 Å². The van der Waals surface area contributed by atoms with Crippen LogP contribution in [0.2, 0.25) is 0 Å². The Kier molecular flexibility index (Phi) is 10.2. The molecule has 2 amide bonds. The van der Waals surface area contributed by atoms with Gasteiger partial charge in [-0.05, 0) is 61.2 Å². The minimum absolute atomic E-state index is 0.0729. The van der Waals surface area contributed by atoms with E-state index in [-0.39, 0.29) is 23.3 Å². The van der Waals surface area contributed by atoms with Crippen LogP contribution in [0, 0.1) is 6.92 Å². The maximum Gasteiger partial charge on any atom is 0.586 e. The van der Waals surface area contributed by atoms with Gasteiger partial charge in [0.15, 0.2) is 11.5 Å². The van der Waals surface area contributed by atoms with Crippen LogP contribution in [-0.2, 0) is 24.4 Å². The number of carbonyl (C=O) groups is 2. The number of pyridine rings is 1. The molecule has 11 nitrogen and oxygen atoms in total. The van der Waals surface area contributed by atoms with Gasteiger partial charge in [-0.2, -0.15) is 0 Å². The predicted octanol–water partition coefficient (Wildman–Crippen LogP) is 3.79. The van der Waals surface area contributed by atoms with Crippen molar-refractivity contribution in [3.05, 3.63) is 71.3 Å². The number of hydrogen-bond acceptors (Lipinski definition) is 9. The van der Waals surface area contributed by atoms with Crippen LogP contribution in [0.4, 0.5) is 14.6 Å². The Morgan fingerprint density at radius 2 is 1.62 bits per heavy atom. The van der Waals surface area contributed by atoms with Gasteiger partial charge in [0.25, 0.3) is 5.91 Å². The number of nitrogens with two attached hydrogens (primary N) is 1. The molecule has 1 aliphatic heterocycles. The van der Waals surface area contributed by atoms with Crippen molar-refractivity contribution < 1.29 is 42.1 Å². The zero-order chi connectivity index (χ0) is 31.9. The smallest absolute Gasteiger partial charge is 0.395 e. The van der Waals surface area contributed by atoms with Crippen molar-refractivity contribution in [1.82, 2.24) is 10.3 Å². The summed E-state index contributed by atoms with van der Waals surface area (Å²) in [7, 11) is 0. The summed E-state index contributed by atoms with van der Waals surface area (Å²) in [4.78, 5) is 30.9. The monoisotopic (exact) mass is 626 g/mol. The van der Waals surface area contributed by atoms with Gasteiger partial charge in [-0.15, -0.1) is 8.78 Å². The van der Waals surface area contributed by atoms with Crippen LogP contribution >= 0.6 is 0 Å². The Bertz CT molecular complexity index is 1520. The third-order valence-electron chi connectivity index (χ3n) is 7.41. The highest BCUT2D eigenvalue weighted by molar-refractivity contribution is 6.01. The van der Waals surface area contributed by atoms with E-state index in [1.807, 2.05) is 19.1 Å². The highest BCUT2D eigenvalue weighted by Gasteiger charge is 2.53. The van der Waals surface area contributed by atoms with Crippen LogP contribution < -0.4 is 25.8 Å². The van der Waals surface area contributed by atoms with E-state index in [1.165, 1.54) is 12.1 Å². The summed E-state index contributed by atoms with van der Waals surface area (Å²) in [5, 5.41) is 5.72. The fourth-order valence-corrected chi connectivity index (χ4v) is 4.92. The molecule has 2 aromatic carbocycles. The quantitative estimate of drug-likeness (QED) is 0.202. The molecule has 0 atom stereocenters. The number of aryl methyl sites for hydroxylation is 1. The third kappa shape index (κ3) is 8.11. The lowest BCUT2D eigenvalue weighted by atomic mass is 9.94. The number of rotatable bonds is 16. The zero-order valence-corrected chi connectivity index (χ0v) is 24.9. The van der Waals surface area contributed by atoms with Gasteiger partial charge in [0.1, 0.15) is 5.82 Å². The van der Waals surface area contributed by atoms with Gasteiger partial charge in [0, 0.05) is 24.2 Å². The third-order valence-corrected chi connectivity index (χ3v) is 7.41. The van der Waals surface area contributed by atoms with Crippen molar-refractivity contribution in [3.8, 4) is 22.8 Å². The average molecular weight is 627 g/mol. The van der Waals surface area contributed by atoms with E-state index < -0.39 is 11.7 Å². The number of halogens is 2. The number of carbonyl (C=O) groups excluding carboxylic acids is 2. The number of aromatic nitrogens is 1. The predicted molar refractivity (Wildman–Crippen MR) is 160 cm³/mol. The van der Waals surface area contributed by atoms with Gasteiger partial charge in [-0.25, -0.2) is 4.98 Å². The molecule has 1 fully saturated rings. The van der Waals surface area contributed by atoms with Gasteiger partial charge in [-0.1, -0.05) is 24.3 Å². The first kappa shape index (κ1) is 32.2. The Labute approximate surface area is 259 Å². The molecule has 1 aromatic heterocycles. The van der Waals surface area contributed by atoms with Gasteiger partial charge >= 0.3 is 6.29 Å². The molecule has 2 aliphatic rings. The Balaban J connectivity index is 1.15. The first-order chi connectivity index (χ1) is 21.7. The van der Waals surface area contributed by atoms with E-state index in [2.05, 4.69) is 25.1 Å². The van der Waals surface area contributed by atoms with E-state index in [9.17, 15) is 18.4 Å². The topological polar surface area (TPSA) is 143 Å². The van der Waals surface area contributed by atoms with Crippen molar-refractivity contribution in [2.75, 3.05) is 58.0 Å². The summed E-state index contributed by atoms with van der Waals surface area (Å²) in [6.45, 7) is 5.31. The minimum Gasteiger partial charge on any atom is -0.395 e. The summed E-state index contributed by atoms with van der Waals surface area (Å²) < 4.78 is 52.1. The van der Waals surface area contributed by atoms with Gasteiger partial charge in [-0.3, -0.25) is 9.59 Å². The van der Waals surface area contributed by atoms with Crippen molar-refractivity contribution in [2.24, 2.45) is 5.73 Å². The second-order valence-corrected chi connectivity index (χ2v) is 10.7. The molecule has 240 valence electrons. The molecule has 0 radical (unpaired) electrons. The molecule has 45 heavy (non-hydrogen) atoms. The van der Waals surface area contributed by atoms with Crippen LogP contribution in [0.3, 0.4) is 0 Å². The van der Waals surface area contributed by atoms with Crippen LogP contribution in [0.25, 0.3) is 11.3 Å². The maximum atomic E-state index is 13.5. The molecular formula is C32H36F2N4O7. The molecule has 0 spiro atoms. The highest BCUT2D eigenvalue weighted by Crippen LogP contribution is 2.52. The molecule has 5 rings (SSSR count). The van der Waals surface area contributed by atoms with Gasteiger partial charge < -0.3 is 40.1 Å². The van der Waals surface area contributed by atoms with Crippen molar-refractivity contribution in [1.29, 1.82) is 0 Å². The minimum atomic E-state index is -3.73. The Morgan fingerprint density at radius 1 is 0.911 bits per heavy atom. The molecule has 13 heteroatoms. The number of benzene rings is 2. The lowest BCUT2D eigenvalue weighted by molar-refractivity contribution is -0.286. The van der Waals surface area contributed by atoms with Crippen LogP contribution in [0.15, 0.2) is 54.6 Å². The van der Waals surface area contributed by atoms with Crippen LogP contribution in [0.5, 0.6) is 11.5 Å². The van der Waals surface area contributed by atoms with Gasteiger partial charge in [0.05, 0.1) is 50.8 Å². The van der Waals surface area contributed by atoms with E-state index in [4.69, 9.17) is 19.9 Å². The summed E-state index contributed by atoms with van der Waals surface area (Å²) in [6, 6.07) is 15.0. The van der Waals surface area contributed by atoms with Crippen LogP contribution in [-0.4, -0.2) is 75.8 Å². The Morgan fingerprint density at radius 3 is 2.36 bits per heavy atom. The first-order valence-electron chi connectivity index (χ1n) is 14.7. The number of nitrogens with one attached hydrogen (secondary N) is 2. The number of fused-ring (bicyclic) bond motifs is 1. The largest absolute Gasteiger partial charge is 0.586 e. The van der Waals surface area contributed by atoms with E-state index in [0.29, 0.717) is 93.8 Å². The fourth-order valence-electron chi connectivity index (χ4n) is 4.92. The summed E-state index contributed by atoms with van der Waals surface area (Å²) in [5.74, 6) is -0.397. The van der Waals surface area contributed by atoms with Crippen molar-refractivity contribution in [3.63, 3.8) is 0 Å². The molecule has 4 N–H and O–H groups in total. The standard InChI is InChI=1S/C32H36F2N4O7/c1-21-5-8-27(38-30(40)31(9-10-31)24-6-7-25-26(20-24)45-32(33,34)44-25)37-28(21)22-3-2-4-23(19-22)29(39)36-12-14-42-16-18-43-17-15-41-13-11-35/h2-8,19-20H,9-18,35H2,1H3,(H,36,39)(H,37,38,40). The maximum absolute atomic E-state index is 13.5. The number of nitrogens with zero attached hydrogens (tertiary/aromatic N) is 1. The number of amides is 2. The summed E-state index contributed by atoms with van der Waals surface area (Å²) >= 11 is 0. The van der Waals surface area contributed by atoms with Crippen molar-refractivity contribution >= 4 is 17.6 Å². The van der Waals surface area contributed by atoms with Crippen molar-refractivity contribution in [2.45, 2.75) is 31.5 Å². The molecule has 3 aromatic rings. The molecule has 2 heterocycles. The molecule has 0 saturated heterocycles.